The SMILES string of the molecule is C#CC(C)(C)N1[C@@H]2CC[C@H]1CC(C#N)(c1cncc(Br)c1)C2. The summed E-state index contributed by atoms with van der Waals surface area (Å²) in [6, 6.07) is 5.41. The molecule has 1 aromatic heterocycles. The Morgan fingerprint density at radius 1 is 1.36 bits per heavy atom. The van der Waals surface area contributed by atoms with E-state index in [0.717, 1.165) is 35.7 Å². The zero-order valence-electron chi connectivity index (χ0n) is 13.0. The number of hydrogen-bond donors (Lipinski definition) is 0. The lowest BCUT2D eigenvalue weighted by Gasteiger charge is -2.48. The second-order valence-electron chi connectivity index (χ2n) is 6.99. The zero-order valence-corrected chi connectivity index (χ0v) is 14.6. The third-order valence-electron chi connectivity index (χ3n) is 5.26. The van der Waals surface area contributed by atoms with Crippen molar-refractivity contribution in [2.24, 2.45) is 0 Å². The first kappa shape index (κ1) is 15.5. The molecule has 114 valence electrons. The molecule has 0 N–H and O–H groups in total. The Labute approximate surface area is 140 Å². The van der Waals surface area contributed by atoms with Crippen LogP contribution in [0.2, 0.25) is 0 Å². The van der Waals surface area contributed by atoms with Crippen LogP contribution in [0.15, 0.2) is 22.9 Å². The molecule has 2 aliphatic rings. The molecule has 0 amide bonds. The Morgan fingerprint density at radius 3 is 2.50 bits per heavy atom. The maximum Gasteiger partial charge on any atom is 0.0867 e. The molecule has 0 spiro atoms. The highest BCUT2D eigenvalue weighted by Gasteiger charge is 2.53. The van der Waals surface area contributed by atoms with Crippen LogP contribution < -0.4 is 0 Å². The monoisotopic (exact) mass is 357 g/mol. The molecule has 2 aliphatic heterocycles. The molecular formula is C18H20BrN3. The smallest absolute Gasteiger partial charge is 0.0867 e. The van der Waals surface area contributed by atoms with E-state index in [4.69, 9.17) is 6.42 Å². The van der Waals surface area contributed by atoms with E-state index in [-0.39, 0.29) is 5.54 Å². The molecule has 22 heavy (non-hydrogen) atoms. The van der Waals surface area contributed by atoms with E-state index in [1.165, 1.54) is 0 Å². The fraction of sp³-hybridized carbons (Fsp3) is 0.556. The number of aromatic nitrogens is 1. The summed E-state index contributed by atoms with van der Waals surface area (Å²) in [5.41, 5.74) is 0.340. The molecule has 3 heterocycles. The van der Waals surface area contributed by atoms with Crippen LogP contribution in [0, 0.1) is 23.7 Å². The van der Waals surface area contributed by atoms with Crippen molar-refractivity contribution >= 4 is 15.9 Å². The van der Waals surface area contributed by atoms with Gasteiger partial charge >= 0.3 is 0 Å². The molecule has 0 aromatic carbocycles. The molecule has 1 unspecified atom stereocenters. The van der Waals surface area contributed by atoms with Gasteiger partial charge in [0.05, 0.1) is 17.0 Å². The summed E-state index contributed by atoms with van der Waals surface area (Å²) in [7, 11) is 0. The van der Waals surface area contributed by atoms with Crippen molar-refractivity contribution in [3.63, 3.8) is 0 Å². The van der Waals surface area contributed by atoms with Gasteiger partial charge in [-0.15, -0.1) is 6.42 Å². The number of rotatable bonds is 2. The van der Waals surface area contributed by atoms with Gasteiger partial charge in [0.1, 0.15) is 0 Å². The summed E-state index contributed by atoms with van der Waals surface area (Å²) in [4.78, 5) is 6.73. The molecule has 3 rings (SSSR count). The lowest BCUT2D eigenvalue weighted by atomic mass is 9.70. The van der Waals surface area contributed by atoms with Crippen molar-refractivity contribution < 1.29 is 0 Å². The van der Waals surface area contributed by atoms with Crippen molar-refractivity contribution in [1.29, 1.82) is 5.26 Å². The molecule has 3 atom stereocenters. The van der Waals surface area contributed by atoms with Crippen LogP contribution in [0.5, 0.6) is 0 Å². The number of halogens is 1. The van der Waals surface area contributed by atoms with Crippen LogP contribution in [0.25, 0.3) is 0 Å². The summed E-state index contributed by atoms with van der Waals surface area (Å²) < 4.78 is 0.929. The molecule has 2 bridgehead atoms. The third kappa shape index (κ3) is 2.35. The molecular weight excluding hydrogens is 338 g/mol. The van der Waals surface area contributed by atoms with Crippen molar-refractivity contribution in [1.82, 2.24) is 9.88 Å². The van der Waals surface area contributed by atoms with Gasteiger partial charge in [-0.25, -0.2) is 0 Å². The van der Waals surface area contributed by atoms with Crippen LogP contribution in [-0.2, 0) is 5.41 Å². The number of nitrogens with zero attached hydrogens (tertiary/aromatic N) is 3. The molecule has 0 aliphatic carbocycles. The fourth-order valence-electron chi connectivity index (χ4n) is 4.30. The summed E-state index contributed by atoms with van der Waals surface area (Å²) >= 11 is 3.47. The summed E-state index contributed by atoms with van der Waals surface area (Å²) in [5.74, 6) is 2.93. The summed E-state index contributed by atoms with van der Waals surface area (Å²) in [5, 5.41) is 9.94. The highest BCUT2D eigenvalue weighted by Crippen LogP contribution is 2.49. The van der Waals surface area contributed by atoms with Crippen molar-refractivity contribution in [3.8, 4) is 18.4 Å². The minimum atomic E-state index is -0.441. The molecule has 0 radical (unpaired) electrons. The number of piperidine rings is 1. The van der Waals surface area contributed by atoms with Crippen molar-refractivity contribution in [2.45, 2.75) is 62.6 Å². The Balaban J connectivity index is 1.97. The first-order chi connectivity index (χ1) is 10.4. The largest absolute Gasteiger partial charge is 0.282 e. The molecule has 2 fully saturated rings. The van der Waals surface area contributed by atoms with E-state index in [2.05, 4.69) is 51.7 Å². The van der Waals surface area contributed by atoms with Gasteiger partial charge in [0.2, 0.25) is 0 Å². The highest BCUT2D eigenvalue weighted by atomic mass is 79.9. The Hall–Kier alpha value is -1.36. The lowest BCUT2D eigenvalue weighted by molar-refractivity contribution is 0.0429. The van der Waals surface area contributed by atoms with Crippen LogP contribution in [0.4, 0.5) is 0 Å². The Kier molecular flexibility index (Phi) is 3.79. The van der Waals surface area contributed by atoms with Crippen molar-refractivity contribution in [2.75, 3.05) is 0 Å². The molecule has 2 saturated heterocycles. The Bertz CT molecular complexity index is 654. The van der Waals surface area contributed by atoms with Crippen LogP contribution in [0.1, 0.15) is 45.1 Å². The quantitative estimate of drug-likeness (QED) is 0.758. The molecule has 4 heteroatoms. The second kappa shape index (κ2) is 5.37. The number of fused-ring (bicyclic) bond motifs is 2. The van der Waals surface area contributed by atoms with Crippen LogP contribution in [-0.4, -0.2) is 27.5 Å². The first-order valence-corrected chi connectivity index (χ1v) is 8.50. The van der Waals surface area contributed by atoms with Gasteiger partial charge in [-0.05, 0) is 67.1 Å². The molecule has 3 nitrogen and oxygen atoms in total. The standard InChI is InChI=1S/C18H20BrN3/c1-4-17(2,3)22-15-5-6-16(22)9-18(8-15,12-20)13-7-14(19)11-21-10-13/h1,7,10-11,15-16H,5-6,8-9H2,2-3H3/t15-,16+,18?. The predicted molar refractivity (Wildman–Crippen MR) is 90.0 cm³/mol. The van der Waals surface area contributed by atoms with Gasteiger partial charge in [0, 0.05) is 29.0 Å². The van der Waals surface area contributed by atoms with E-state index < -0.39 is 5.41 Å². The lowest BCUT2D eigenvalue weighted by Crippen LogP contribution is -2.57. The van der Waals surface area contributed by atoms with E-state index >= 15 is 0 Å². The van der Waals surface area contributed by atoms with Gasteiger partial charge in [-0.1, -0.05) is 5.92 Å². The van der Waals surface area contributed by atoms with Crippen molar-refractivity contribution in [3.05, 3.63) is 28.5 Å². The van der Waals surface area contributed by atoms with E-state index in [9.17, 15) is 5.26 Å². The maximum atomic E-state index is 9.94. The van der Waals surface area contributed by atoms with E-state index in [1.807, 2.05) is 12.3 Å². The number of nitriles is 1. The van der Waals surface area contributed by atoms with Gasteiger partial charge in [0.15, 0.2) is 0 Å². The fourth-order valence-corrected chi connectivity index (χ4v) is 4.67. The van der Waals surface area contributed by atoms with E-state index in [0.29, 0.717) is 12.1 Å². The predicted octanol–water partition coefficient (Wildman–Crippen LogP) is 3.64. The highest BCUT2D eigenvalue weighted by molar-refractivity contribution is 9.10. The molecule has 0 saturated carbocycles. The first-order valence-electron chi connectivity index (χ1n) is 7.70. The zero-order chi connectivity index (χ0) is 16.0. The average Bonchev–Trinajstić information content (AvgIpc) is 2.80. The maximum absolute atomic E-state index is 9.94. The minimum absolute atomic E-state index is 0.247. The van der Waals surface area contributed by atoms with Gasteiger partial charge in [0.25, 0.3) is 0 Å². The van der Waals surface area contributed by atoms with E-state index in [1.54, 1.807) is 6.20 Å². The third-order valence-corrected chi connectivity index (χ3v) is 5.69. The summed E-state index contributed by atoms with van der Waals surface area (Å²) in [6.07, 6.45) is 13.3. The Morgan fingerprint density at radius 2 is 2.00 bits per heavy atom. The second-order valence-corrected chi connectivity index (χ2v) is 7.91. The number of terminal acetylenes is 1. The van der Waals surface area contributed by atoms with Crippen LogP contribution >= 0.6 is 15.9 Å². The molecule has 1 aromatic rings. The number of hydrogen-bond acceptors (Lipinski definition) is 3. The van der Waals surface area contributed by atoms with Gasteiger partial charge in [-0.3, -0.25) is 9.88 Å². The normalized spacial score (nSPS) is 31.5. The summed E-state index contributed by atoms with van der Waals surface area (Å²) in [6.45, 7) is 4.22. The van der Waals surface area contributed by atoms with Crippen LogP contribution in [0.3, 0.4) is 0 Å². The minimum Gasteiger partial charge on any atom is -0.282 e. The number of pyridine rings is 1. The average molecular weight is 358 g/mol. The topological polar surface area (TPSA) is 39.9 Å². The van der Waals surface area contributed by atoms with Gasteiger partial charge in [-0.2, -0.15) is 5.26 Å². The van der Waals surface area contributed by atoms with Gasteiger partial charge < -0.3 is 0 Å².